The molecule has 0 spiro atoms. The topological polar surface area (TPSA) is 69.1 Å². The van der Waals surface area contributed by atoms with Gasteiger partial charge in [0.05, 0.1) is 19.6 Å². The highest BCUT2D eigenvalue weighted by Gasteiger charge is 2.24. The van der Waals surface area contributed by atoms with Gasteiger partial charge in [-0.15, -0.1) is 0 Å². The van der Waals surface area contributed by atoms with E-state index in [1.54, 1.807) is 7.11 Å². The highest BCUT2D eigenvalue weighted by atomic mass is 16.5. The number of amides is 1. The van der Waals surface area contributed by atoms with Crippen molar-refractivity contribution in [2.75, 3.05) is 20.2 Å². The summed E-state index contributed by atoms with van der Waals surface area (Å²) in [6, 6.07) is 7.76. The molecule has 108 valence electrons. The van der Waals surface area contributed by atoms with Crippen LogP contribution in [0.3, 0.4) is 0 Å². The number of aromatic nitrogens is 1. The van der Waals surface area contributed by atoms with Crippen LogP contribution >= 0.6 is 0 Å². The zero-order valence-electron chi connectivity index (χ0n) is 12.0. The van der Waals surface area contributed by atoms with Crippen LogP contribution in [0.5, 0.6) is 5.75 Å². The molecule has 2 aromatic rings. The van der Waals surface area contributed by atoms with E-state index >= 15 is 0 Å². The van der Waals surface area contributed by atoms with E-state index in [4.69, 9.17) is 10.00 Å². The van der Waals surface area contributed by atoms with Crippen LogP contribution in [-0.4, -0.2) is 36.0 Å². The average Bonchev–Trinajstić information content (AvgIpc) is 3.15. The fourth-order valence-corrected chi connectivity index (χ4v) is 2.88. The van der Waals surface area contributed by atoms with Crippen LogP contribution in [-0.2, 0) is 6.42 Å². The number of H-pyrrole nitrogens is 1. The molecule has 0 atom stereocenters. The molecule has 1 amide bonds. The number of aromatic amines is 1. The van der Waals surface area contributed by atoms with Crippen LogP contribution in [0, 0.1) is 11.3 Å². The molecule has 5 heteroatoms. The lowest BCUT2D eigenvalue weighted by molar-refractivity contribution is 0.0787. The third kappa shape index (κ3) is 2.33. The fraction of sp³-hybridized carbons (Fsp3) is 0.375. The first kappa shape index (κ1) is 13.5. The predicted molar refractivity (Wildman–Crippen MR) is 79.3 cm³/mol. The van der Waals surface area contributed by atoms with Gasteiger partial charge in [0.1, 0.15) is 11.4 Å². The number of ether oxygens (including phenoxy) is 1. The SMILES string of the molecule is COc1ccc2[nH]c(C(=O)N3CCCC3)c(CC#N)c2c1. The maximum absolute atomic E-state index is 12.6. The Kier molecular flexibility index (Phi) is 3.53. The van der Waals surface area contributed by atoms with E-state index in [0.717, 1.165) is 48.1 Å². The van der Waals surface area contributed by atoms with E-state index in [1.807, 2.05) is 23.1 Å². The van der Waals surface area contributed by atoms with Crippen LogP contribution in [0.1, 0.15) is 28.9 Å². The van der Waals surface area contributed by atoms with Crippen LogP contribution in [0.2, 0.25) is 0 Å². The van der Waals surface area contributed by atoms with Crippen molar-refractivity contribution >= 4 is 16.8 Å². The minimum Gasteiger partial charge on any atom is -0.497 e. The van der Waals surface area contributed by atoms with E-state index < -0.39 is 0 Å². The van der Waals surface area contributed by atoms with Gasteiger partial charge in [0.15, 0.2) is 0 Å². The second-order valence-electron chi connectivity index (χ2n) is 5.22. The molecule has 0 bridgehead atoms. The Morgan fingerprint density at radius 2 is 2.19 bits per heavy atom. The van der Waals surface area contributed by atoms with Gasteiger partial charge in [0.25, 0.3) is 5.91 Å². The highest BCUT2D eigenvalue weighted by molar-refractivity contribution is 6.01. The van der Waals surface area contributed by atoms with Gasteiger partial charge in [0, 0.05) is 29.6 Å². The Balaban J connectivity index is 2.10. The summed E-state index contributed by atoms with van der Waals surface area (Å²) in [6.45, 7) is 1.59. The lowest BCUT2D eigenvalue weighted by atomic mass is 10.1. The summed E-state index contributed by atoms with van der Waals surface area (Å²) in [6.07, 6.45) is 2.31. The number of benzene rings is 1. The summed E-state index contributed by atoms with van der Waals surface area (Å²) in [5, 5.41) is 9.96. The van der Waals surface area contributed by atoms with Crippen molar-refractivity contribution in [1.82, 2.24) is 9.88 Å². The van der Waals surface area contributed by atoms with Gasteiger partial charge < -0.3 is 14.6 Å². The van der Waals surface area contributed by atoms with Gasteiger partial charge in [0.2, 0.25) is 0 Å². The van der Waals surface area contributed by atoms with Crippen LogP contribution in [0.4, 0.5) is 0 Å². The maximum atomic E-state index is 12.6. The number of rotatable bonds is 3. The van der Waals surface area contributed by atoms with Crippen molar-refractivity contribution in [3.63, 3.8) is 0 Å². The molecular weight excluding hydrogens is 266 g/mol. The number of hydrogen-bond acceptors (Lipinski definition) is 3. The van der Waals surface area contributed by atoms with Crippen LogP contribution < -0.4 is 4.74 Å². The molecule has 0 saturated carbocycles. The Morgan fingerprint density at radius 1 is 1.43 bits per heavy atom. The van der Waals surface area contributed by atoms with Gasteiger partial charge in [-0.1, -0.05) is 0 Å². The van der Waals surface area contributed by atoms with Crippen molar-refractivity contribution in [2.45, 2.75) is 19.3 Å². The second-order valence-corrected chi connectivity index (χ2v) is 5.22. The number of nitrogens with one attached hydrogen (secondary N) is 1. The standard InChI is InChI=1S/C16H17N3O2/c1-21-11-4-5-14-13(10-11)12(6-7-17)15(18-14)16(20)19-8-2-3-9-19/h4-5,10,18H,2-3,6,8-9H2,1H3. The number of carbonyl (C=O) groups is 1. The van der Waals surface area contributed by atoms with Crippen LogP contribution in [0.25, 0.3) is 10.9 Å². The van der Waals surface area contributed by atoms with Crippen molar-refractivity contribution in [3.05, 3.63) is 29.5 Å². The van der Waals surface area contributed by atoms with E-state index in [2.05, 4.69) is 11.1 Å². The molecule has 1 aromatic heterocycles. The van der Waals surface area contributed by atoms with Crippen molar-refractivity contribution in [3.8, 4) is 11.8 Å². The number of nitrogens with zero attached hydrogens (tertiary/aromatic N) is 2. The monoisotopic (exact) mass is 283 g/mol. The molecule has 5 nitrogen and oxygen atoms in total. The highest BCUT2D eigenvalue weighted by Crippen LogP contribution is 2.28. The maximum Gasteiger partial charge on any atom is 0.270 e. The first-order valence-electron chi connectivity index (χ1n) is 7.09. The molecule has 1 aromatic carbocycles. The normalized spacial score (nSPS) is 14.4. The number of hydrogen-bond donors (Lipinski definition) is 1. The summed E-state index contributed by atoms with van der Waals surface area (Å²) >= 11 is 0. The Hall–Kier alpha value is -2.48. The molecule has 1 fully saturated rings. The van der Waals surface area contributed by atoms with Crippen molar-refractivity contribution in [2.24, 2.45) is 0 Å². The molecule has 21 heavy (non-hydrogen) atoms. The molecule has 1 saturated heterocycles. The number of fused-ring (bicyclic) bond motifs is 1. The molecule has 0 unspecified atom stereocenters. The van der Waals surface area contributed by atoms with Gasteiger partial charge in [-0.05, 0) is 31.0 Å². The largest absolute Gasteiger partial charge is 0.497 e. The van der Waals surface area contributed by atoms with Crippen molar-refractivity contribution < 1.29 is 9.53 Å². The van der Waals surface area contributed by atoms with Gasteiger partial charge >= 0.3 is 0 Å². The fourth-order valence-electron chi connectivity index (χ4n) is 2.88. The predicted octanol–water partition coefficient (Wildman–Crippen LogP) is 2.48. The van der Waals surface area contributed by atoms with Crippen LogP contribution in [0.15, 0.2) is 18.2 Å². The molecule has 0 aliphatic carbocycles. The lowest BCUT2D eigenvalue weighted by Crippen LogP contribution is -2.28. The minimum atomic E-state index is -0.00656. The summed E-state index contributed by atoms with van der Waals surface area (Å²) in [4.78, 5) is 17.6. The van der Waals surface area contributed by atoms with E-state index in [-0.39, 0.29) is 12.3 Å². The van der Waals surface area contributed by atoms with Gasteiger partial charge in [-0.25, -0.2) is 0 Å². The minimum absolute atomic E-state index is 0.00656. The zero-order valence-corrected chi connectivity index (χ0v) is 12.0. The molecule has 1 aliphatic rings. The zero-order chi connectivity index (χ0) is 14.8. The third-order valence-electron chi connectivity index (χ3n) is 3.98. The summed E-state index contributed by atoms with van der Waals surface area (Å²) < 4.78 is 5.23. The Labute approximate surface area is 123 Å². The molecule has 0 radical (unpaired) electrons. The third-order valence-corrected chi connectivity index (χ3v) is 3.98. The molecule has 3 rings (SSSR count). The quantitative estimate of drug-likeness (QED) is 0.940. The Morgan fingerprint density at radius 3 is 2.86 bits per heavy atom. The number of nitriles is 1. The molecular formula is C16H17N3O2. The Bertz CT molecular complexity index is 721. The van der Waals surface area contributed by atoms with Gasteiger partial charge in [-0.2, -0.15) is 5.26 Å². The van der Waals surface area contributed by atoms with Gasteiger partial charge in [-0.3, -0.25) is 4.79 Å². The second kappa shape index (κ2) is 5.49. The molecule has 1 aliphatic heterocycles. The van der Waals surface area contributed by atoms with E-state index in [0.29, 0.717) is 5.69 Å². The lowest BCUT2D eigenvalue weighted by Gasteiger charge is -2.14. The smallest absolute Gasteiger partial charge is 0.270 e. The first-order chi connectivity index (χ1) is 10.2. The number of likely N-dealkylation sites (tertiary alicyclic amines) is 1. The van der Waals surface area contributed by atoms with Crippen molar-refractivity contribution in [1.29, 1.82) is 5.26 Å². The average molecular weight is 283 g/mol. The first-order valence-corrected chi connectivity index (χ1v) is 7.09. The van der Waals surface area contributed by atoms with E-state index in [1.165, 1.54) is 0 Å². The molecule has 2 heterocycles. The number of carbonyl (C=O) groups excluding carboxylic acids is 1. The number of methoxy groups -OCH3 is 1. The summed E-state index contributed by atoms with van der Waals surface area (Å²) in [5.74, 6) is 0.716. The van der Waals surface area contributed by atoms with E-state index in [9.17, 15) is 4.79 Å². The summed E-state index contributed by atoms with van der Waals surface area (Å²) in [7, 11) is 1.61. The summed E-state index contributed by atoms with van der Waals surface area (Å²) in [5.41, 5.74) is 2.17. The molecule has 1 N–H and O–H groups in total.